The van der Waals surface area contributed by atoms with Crippen molar-refractivity contribution in [1.29, 1.82) is 0 Å². The highest BCUT2D eigenvalue weighted by molar-refractivity contribution is 7.98. The smallest absolute Gasteiger partial charge is 0.275 e. The first-order chi connectivity index (χ1) is 15.7. The number of piperidine rings is 1. The van der Waals surface area contributed by atoms with E-state index in [2.05, 4.69) is 54.0 Å². The van der Waals surface area contributed by atoms with Crippen molar-refractivity contribution in [3.05, 3.63) is 68.8 Å². The number of nitrogens with zero attached hydrogens (tertiary/aromatic N) is 7. The van der Waals surface area contributed by atoms with Crippen LogP contribution in [-0.4, -0.2) is 47.4 Å². The van der Waals surface area contributed by atoms with E-state index in [1.54, 1.807) is 17.8 Å². The molecular formula is C22H25N7OS2. The Kier molecular flexibility index (Phi) is 6.33. The molecule has 0 atom stereocenters. The van der Waals surface area contributed by atoms with Crippen LogP contribution in [0, 0.1) is 6.92 Å². The number of aromatic nitrogens is 6. The molecule has 0 radical (unpaired) electrons. The number of hydrogen-bond donors (Lipinski definition) is 0. The van der Waals surface area contributed by atoms with E-state index in [0.29, 0.717) is 10.7 Å². The van der Waals surface area contributed by atoms with E-state index < -0.39 is 0 Å². The van der Waals surface area contributed by atoms with Crippen LogP contribution >= 0.6 is 23.1 Å². The van der Waals surface area contributed by atoms with Crippen LogP contribution in [0.2, 0.25) is 0 Å². The largest absolute Gasteiger partial charge is 0.300 e. The normalized spacial score (nSPS) is 14.9. The van der Waals surface area contributed by atoms with Gasteiger partial charge in [0, 0.05) is 11.8 Å². The van der Waals surface area contributed by atoms with Crippen molar-refractivity contribution in [1.82, 2.24) is 34.3 Å². The zero-order valence-corrected chi connectivity index (χ0v) is 19.6. The van der Waals surface area contributed by atoms with Crippen molar-refractivity contribution in [2.24, 2.45) is 0 Å². The average molecular weight is 468 g/mol. The molecular weight excluding hydrogens is 442 g/mol. The first kappa shape index (κ1) is 21.3. The van der Waals surface area contributed by atoms with Gasteiger partial charge in [-0.05, 0) is 38.4 Å². The van der Waals surface area contributed by atoms with E-state index in [4.69, 9.17) is 0 Å². The highest BCUT2D eigenvalue weighted by Gasteiger charge is 2.18. The molecule has 32 heavy (non-hydrogen) atoms. The van der Waals surface area contributed by atoms with E-state index in [9.17, 15) is 4.79 Å². The summed E-state index contributed by atoms with van der Waals surface area (Å²) in [6.07, 6.45) is 3.80. The Morgan fingerprint density at radius 3 is 2.69 bits per heavy atom. The number of aryl methyl sites for hydroxylation is 1. The Labute approximate surface area is 194 Å². The van der Waals surface area contributed by atoms with Crippen molar-refractivity contribution < 1.29 is 0 Å². The van der Waals surface area contributed by atoms with Crippen LogP contribution in [0.25, 0.3) is 4.96 Å². The van der Waals surface area contributed by atoms with E-state index in [1.165, 1.54) is 40.7 Å². The topological polar surface area (TPSA) is 81.2 Å². The second-order valence-corrected chi connectivity index (χ2v) is 10.1. The number of benzene rings is 1. The average Bonchev–Trinajstić information content (AvgIpc) is 3.36. The van der Waals surface area contributed by atoms with Crippen LogP contribution in [0.4, 0.5) is 0 Å². The monoisotopic (exact) mass is 467 g/mol. The molecule has 4 aromatic rings. The Hall–Kier alpha value is -2.56. The predicted molar refractivity (Wildman–Crippen MR) is 126 cm³/mol. The molecule has 0 N–H and O–H groups in total. The molecule has 0 saturated carbocycles. The van der Waals surface area contributed by atoms with Gasteiger partial charge in [0.2, 0.25) is 4.96 Å². The lowest BCUT2D eigenvalue weighted by Crippen LogP contribution is -2.30. The fraction of sp³-hybridized carbons (Fsp3) is 0.409. The molecule has 0 bridgehead atoms. The first-order valence-corrected chi connectivity index (χ1v) is 12.6. The Bertz CT molecular complexity index is 1260. The van der Waals surface area contributed by atoms with Gasteiger partial charge in [-0.15, -0.1) is 10.2 Å². The summed E-state index contributed by atoms with van der Waals surface area (Å²) >= 11 is 2.99. The maximum atomic E-state index is 12.4. The third-order valence-electron chi connectivity index (χ3n) is 5.54. The van der Waals surface area contributed by atoms with Crippen molar-refractivity contribution in [3.63, 3.8) is 0 Å². The lowest BCUT2D eigenvalue weighted by Gasteiger charge is -2.26. The molecule has 10 heteroatoms. The number of thioether (sulfide) groups is 1. The lowest BCUT2D eigenvalue weighted by atomic mass is 10.1. The number of fused-ring (bicyclic) bond motifs is 1. The minimum atomic E-state index is -0.147. The maximum absolute atomic E-state index is 12.4. The van der Waals surface area contributed by atoms with E-state index >= 15 is 0 Å². The standard InChI is InChI=1S/C22H25N7OS2/c1-16-26-29-20(30)12-18(23-21(29)32-16)15-31-22-25-24-19(14-27-10-6-3-7-11-27)28(22)13-17-8-4-2-5-9-17/h2,4-5,8-9,12H,3,6-7,10-11,13-15H2,1H3. The van der Waals surface area contributed by atoms with Crippen LogP contribution in [0.15, 0.2) is 46.3 Å². The SMILES string of the molecule is Cc1nn2c(=O)cc(CSc3nnc(CN4CCCCC4)n3Cc3ccccc3)nc2s1. The Balaban J connectivity index is 1.39. The highest BCUT2D eigenvalue weighted by atomic mass is 32.2. The molecule has 1 fully saturated rings. The number of rotatable bonds is 7. The van der Waals surface area contributed by atoms with Crippen molar-refractivity contribution >= 4 is 28.1 Å². The van der Waals surface area contributed by atoms with Crippen LogP contribution in [0.1, 0.15) is 41.4 Å². The fourth-order valence-corrected chi connectivity index (χ4v) is 5.57. The lowest BCUT2D eigenvalue weighted by molar-refractivity contribution is 0.213. The van der Waals surface area contributed by atoms with Gasteiger partial charge in [-0.25, -0.2) is 4.98 Å². The van der Waals surface area contributed by atoms with Crippen LogP contribution in [0.3, 0.4) is 0 Å². The van der Waals surface area contributed by atoms with Gasteiger partial charge in [-0.2, -0.15) is 9.61 Å². The number of hydrogen-bond acceptors (Lipinski definition) is 8. The summed E-state index contributed by atoms with van der Waals surface area (Å²) in [4.78, 5) is 20.1. The molecule has 8 nitrogen and oxygen atoms in total. The summed E-state index contributed by atoms with van der Waals surface area (Å²) < 4.78 is 3.57. The molecule has 3 aromatic heterocycles. The molecule has 0 amide bonds. The summed E-state index contributed by atoms with van der Waals surface area (Å²) in [5.41, 5.74) is 1.80. The summed E-state index contributed by atoms with van der Waals surface area (Å²) in [6, 6.07) is 12.0. The van der Waals surface area contributed by atoms with Gasteiger partial charge >= 0.3 is 0 Å². The molecule has 1 saturated heterocycles. The second-order valence-electron chi connectivity index (χ2n) is 8.00. The van der Waals surface area contributed by atoms with Crippen LogP contribution in [-0.2, 0) is 18.8 Å². The molecule has 166 valence electrons. The van der Waals surface area contributed by atoms with Gasteiger partial charge < -0.3 is 4.57 Å². The van der Waals surface area contributed by atoms with Gasteiger partial charge in [0.25, 0.3) is 5.56 Å². The highest BCUT2D eigenvalue weighted by Crippen LogP contribution is 2.24. The van der Waals surface area contributed by atoms with Crippen molar-refractivity contribution in [2.75, 3.05) is 13.1 Å². The molecule has 0 spiro atoms. The van der Waals surface area contributed by atoms with Gasteiger partial charge in [0.1, 0.15) is 10.8 Å². The fourth-order valence-electron chi connectivity index (χ4n) is 3.95. The van der Waals surface area contributed by atoms with Gasteiger partial charge in [-0.1, -0.05) is 59.9 Å². The van der Waals surface area contributed by atoms with E-state index in [1.807, 2.05) is 13.0 Å². The minimum absolute atomic E-state index is 0.147. The van der Waals surface area contributed by atoms with Crippen LogP contribution in [0.5, 0.6) is 0 Å². The summed E-state index contributed by atoms with van der Waals surface area (Å²) in [6.45, 7) is 5.64. The second kappa shape index (κ2) is 9.51. The molecule has 0 aliphatic carbocycles. The van der Waals surface area contributed by atoms with Crippen molar-refractivity contribution in [2.45, 2.75) is 50.2 Å². The quantitative estimate of drug-likeness (QED) is 0.386. The zero-order valence-electron chi connectivity index (χ0n) is 18.0. The molecule has 1 aliphatic rings. The van der Waals surface area contributed by atoms with Gasteiger partial charge in [-0.3, -0.25) is 9.69 Å². The zero-order chi connectivity index (χ0) is 21.9. The van der Waals surface area contributed by atoms with E-state index in [0.717, 1.165) is 47.9 Å². The molecule has 1 aliphatic heterocycles. The van der Waals surface area contributed by atoms with Gasteiger partial charge in [0.15, 0.2) is 5.16 Å². The summed E-state index contributed by atoms with van der Waals surface area (Å²) in [5.74, 6) is 1.54. The first-order valence-electron chi connectivity index (χ1n) is 10.8. The maximum Gasteiger partial charge on any atom is 0.275 e. The third kappa shape index (κ3) is 4.77. The third-order valence-corrected chi connectivity index (χ3v) is 7.36. The molecule has 0 unspecified atom stereocenters. The molecule has 1 aromatic carbocycles. The Morgan fingerprint density at radius 2 is 1.88 bits per heavy atom. The predicted octanol–water partition coefficient (Wildman–Crippen LogP) is 3.38. The molecule has 4 heterocycles. The number of likely N-dealkylation sites (tertiary alicyclic amines) is 1. The van der Waals surface area contributed by atoms with Gasteiger partial charge in [0.05, 0.1) is 18.8 Å². The Morgan fingerprint density at radius 1 is 1.06 bits per heavy atom. The summed E-state index contributed by atoms with van der Waals surface area (Å²) in [5, 5.41) is 14.9. The molecule has 5 rings (SSSR count). The van der Waals surface area contributed by atoms with Crippen LogP contribution < -0.4 is 5.56 Å². The minimum Gasteiger partial charge on any atom is -0.300 e. The van der Waals surface area contributed by atoms with E-state index in [-0.39, 0.29) is 5.56 Å². The summed E-state index contributed by atoms with van der Waals surface area (Å²) in [7, 11) is 0. The van der Waals surface area contributed by atoms with Crippen molar-refractivity contribution in [3.8, 4) is 0 Å².